The fourth-order valence-corrected chi connectivity index (χ4v) is 1.25. The summed E-state index contributed by atoms with van der Waals surface area (Å²) in [7, 11) is 0. The highest BCUT2D eigenvalue weighted by atomic mass is 15.3. The van der Waals surface area contributed by atoms with Crippen LogP contribution in [0.1, 0.15) is 11.1 Å². The molecular formula is C10H11N3. The molecule has 0 unspecified atom stereocenters. The van der Waals surface area contributed by atoms with Crippen LogP contribution in [-0.2, 0) is 0 Å². The molecule has 0 radical (unpaired) electrons. The van der Waals surface area contributed by atoms with Gasteiger partial charge in [0.2, 0.25) is 0 Å². The standard InChI is InChI=1S/C10H11N3/c1-8-6-12-13(7-8)10-9(2)4-3-5-11-10/h3-7H,1-2H3. The van der Waals surface area contributed by atoms with Gasteiger partial charge in [-0.05, 0) is 31.0 Å². The Balaban J connectivity index is 2.52. The maximum absolute atomic E-state index is 4.26. The molecule has 2 aromatic heterocycles. The van der Waals surface area contributed by atoms with E-state index < -0.39 is 0 Å². The summed E-state index contributed by atoms with van der Waals surface area (Å²) in [6.45, 7) is 4.04. The lowest BCUT2D eigenvalue weighted by atomic mass is 10.3. The number of nitrogens with zero attached hydrogens (tertiary/aromatic N) is 3. The van der Waals surface area contributed by atoms with Gasteiger partial charge in [-0.1, -0.05) is 6.07 Å². The third kappa shape index (κ3) is 1.45. The SMILES string of the molecule is Cc1cnn(-c2ncccc2C)c1. The van der Waals surface area contributed by atoms with Crippen molar-refractivity contribution in [3.8, 4) is 5.82 Å². The summed E-state index contributed by atoms with van der Waals surface area (Å²) in [6, 6.07) is 3.95. The molecule has 2 rings (SSSR count). The van der Waals surface area contributed by atoms with Gasteiger partial charge in [-0.25, -0.2) is 9.67 Å². The molecule has 0 aromatic carbocycles. The topological polar surface area (TPSA) is 30.7 Å². The minimum Gasteiger partial charge on any atom is -0.237 e. The highest BCUT2D eigenvalue weighted by molar-refractivity contribution is 5.31. The molecule has 0 fully saturated rings. The zero-order valence-electron chi connectivity index (χ0n) is 7.73. The Hall–Kier alpha value is -1.64. The number of pyridine rings is 1. The lowest BCUT2D eigenvalue weighted by Gasteiger charge is -2.02. The Bertz CT molecular complexity index is 418. The molecule has 0 atom stereocenters. The van der Waals surface area contributed by atoms with Gasteiger partial charge in [-0.15, -0.1) is 0 Å². The molecule has 0 N–H and O–H groups in total. The van der Waals surface area contributed by atoms with Gasteiger partial charge in [0.25, 0.3) is 0 Å². The van der Waals surface area contributed by atoms with E-state index in [2.05, 4.69) is 10.1 Å². The highest BCUT2D eigenvalue weighted by Gasteiger charge is 2.01. The second-order valence-electron chi connectivity index (χ2n) is 3.11. The van der Waals surface area contributed by atoms with Gasteiger partial charge >= 0.3 is 0 Å². The number of rotatable bonds is 1. The molecule has 0 spiro atoms. The Labute approximate surface area is 77.0 Å². The van der Waals surface area contributed by atoms with Gasteiger partial charge in [-0.3, -0.25) is 0 Å². The summed E-state index contributed by atoms with van der Waals surface area (Å²) in [4.78, 5) is 4.26. The van der Waals surface area contributed by atoms with Crippen LogP contribution < -0.4 is 0 Å². The quantitative estimate of drug-likeness (QED) is 0.659. The van der Waals surface area contributed by atoms with Gasteiger partial charge in [0.1, 0.15) is 0 Å². The van der Waals surface area contributed by atoms with E-state index in [1.165, 1.54) is 0 Å². The van der Waals surface area contributed by atoms with Crippen molar-refractivity contribution in [3.63, 3.8) is 0 Å². The second-order valence-corrected chi connectivity index (χ2v) is 3.11. The molecule has 0 aliphatic heterocycles. The molecule has 0 aliphatic rings. The van der Waals surface area contributed by atoms with Gasteiger partial charge < -0.3 is 0 Å². The van der Waals surface area contributed by atoms with Gasteiger partial charge in [-0.2, -0.15) is 5.10 Å². The minimum atomic E-state index is 0.899. The summed E-state index contributed by atoms with van der Waals surface area (Å²) in [5.41, 5.74) is 2.27. The minimum absolute atomic E-state index is 0.899. The average molecular weight is 173 g/mol. The molecule has 0 saturated heterocycles. The molecule has 0 bridgehead atoms. The fraction of sp³-hybridized carbons (Fsp3) is 0.200. The van der Waals surface area contributed by atoms with Crippen LogP contribution in [0.5, 0.6) is 0 Å². The third-order valence-electron chi connectivity index (χ3n) is 1.91. The Morgan fingerprint density at radius 3 is 2.77 bits per heavy atom. The first kappa shape index (κ1) is 7.98. The van der Waals surface area contributed by atoms with Crippen molar-refractivity contribution in [2.75, 3.05) is 0 Å². The van der Waals surface area contributed by atoms with Crippen LogP contribution in [0.2, 0.25) is 0 Å². The number of aromatic nitrogens is 3. The molecule has 2 heterocycles. The molecule has 13 heavy (non-hydrogen) atoms. The van der Waals surface area contributed by atoms with Crippen LogP contribution >= 0.6 is 0 Å². The molecule has 0 saturated carbocycles. The fourth-order valence-electron chi connectivity index (χ4n) is 1.25. The number of hydrogen-bond acceptors (Lipinski definition) is 2. The van der Waals surface area contributed by atoms with Crippen molar-refractivity contribution < 1.29 is 0 Å². The van der Waals surface area contributed by atoms with E-state index in [0.717, 1.165) is 16.9 Å². The van der Waals surface area contributed by atoms with Crippen LogP contribution in [0.25, 0.3) is 5.82 Å². The summed E-state index contributed by atoms with van der Waals surface area (Å²) < 4.78 is 1.80. The van der Waals surface area contributed by atoms with Crippen LogP contribution in [-0.4, -0.2) is 14.8 Å². The Morgan fingerprint density at radius 1 is 1.31 bits per heavy atom. The molecule has 0 amide bonds. The van der Waals surface area contributed by atoms with Crippen LogP contribution in [0.15, 0.2) is 30.7 Å². The molecular weight excluding hydrogens is 162 g/mol. The van der Waals surface area contributed by atoms with Gasteiger partial charge in [0, 0.05) is 12.4 Å². The van der Waals surface area contributed by atoms with Crippen molar-refractivity contribution in [2.24, 2.45) is 0 Å². The third-order valence-corrected chi connectivity index (χ3v) is 1.91. The number of hydrogen-bond donors (Lipinski definition) is 0. The largest absolute Gasteiger partial charge is 0.237 e. The second kappa shape index (κ2) is 3.01. The zero-order valence-corrected chi connectivity index (χ0v) is 7.73. The first-order valence-corrected chi connectivity index (χ1v) is 4.20. The van der Waals surface area contributed by atoms with E-state index in [1.54, 1.807) is 10.9 Å². The first-order valence-electron chi connectivity index (χ1n) is 4.20. The Morgan fingerprint density at radius 2 is 2.15 bits per heavy atom. The van der Waals surface area contributed by atoms with Crippen molar-refractivity contribution >= 4 is 0 Å². The maximum Gasteiger partial charge on any atom is 0.156 e. The van der Waals surface area contributed by atoms with Crippen LogP contribution in [0.4, 0.5) is 0 Å². The first-order chi connectivity index (χ1) is 6.27. The predicted octanol–water partition coefficient (Wildman–Crippen LogP) is 1.88. The normalized spacial score (nSPS) is 10.3. The summed E-state index contributed by atoms with van der Waals surface area (Å²) in [6.07, 6.45) is 5.57. The monoisotopic (exact) mass is 173 g/mol. The van der Waals surface area contributed by atoms with E-state index in [9.17, 15) is 0 Å². The maximum atomic E-state index is 4.26. The van der Waals surface area contributed by atoms with Crippen LogP contribution in [0, 0.1) is 13.8 Å². The van der Waals surface area contributed by atoms with E-state index in [0.29, 0.717) is 0 Å². The highest BCUT2D eigenvalue weighted by Crippen LogP contribution is 2.09. The van der Waals surface area contributed by atoms with Gasteiger partial charge in [0.05, 0.1) is 6.20 Å². The van der Waals surface area contributed by atoms with E-state index >= 15 is 0 Å². The molecule has 3 nitrogen and oxygen atoms in total. The lowest BCUT2D eigenvalue weighted by Crippen LogP contribution is -1.99. The number of aryl methyl sites for hydroxylation is 2. The van der Waals surface area contributed by atoms with Crippen molar-refractivity contribution in [3.05, 3.63) is 41.9 Å². The van der Waals surface area contributed by atoms with E-state index in [-0.39, 0.29) is 0 Å². The summed E-state index contributed by atoms with van der Waals surface area (Å²) in [5.74, 6) is 0.899. The van der Waals surface area contributed by atoms with Crippen molar-refractivity contribution in [1.82, 2.24) is 14.8 Å². The van der Waals surface area contributed by atoms with Crippen molar-refractivity contribution in [1.29, 1.82) is 0 Å². The van der Waals surface area contributed by atoms with E-state index in [4.69, 9.17) is 0 Å². The van der Waals surface area contributed by atoms with Crippen molar-refractivity contribution in [2.45, 2.75) is 13.8 Å². The van der Waals surface area contributed by atoms with Gasteiger partial charge in [0.15, 0.2) is 5.82 Å². The molecule has 2 aromatic rings. The predicted molar refractivity (Wildman–Crippen MR) is 50.8 cm³/mol. The summed E-state index contributed by atoms with van der Waals surface area (Å²) >= 11 is 0. The van der Waals surface area contributed by atoms with E-state index in [1.807, 2.05) is 38.4 Å². The smallest absolute Gasteiger partial charge is 0.156 e. The lowest BCUT2D eigenvalue weighted by molar-refractivity contribution is 0.837. The zero-order chi connectivity index (χ0) is 9.26. The average Bonchev–Trinajstić information content (AvgIpc) is 2.53. The molecule has 66 valence electrons. The molecule has 0 aliphatic carbocycles. The molecule has 3 heteroatoms. The Kier molecular flexibility index (Phi) is 1.85. The summed E-state index contributed by atoms with van der Waals surface area (Å²) in [5, 5.41) is 4.20. The van der Waals surface area contributed by atoms with Crippen LogP contribution in [0.3, 0.4) is 0 Å².